The van der Waals surface area contributed by atoms with Crippen LogP contribution in [0.2, 0.25) is 0 Å². The molecule has 98 valence electrons. The number of nitro groups is 1. The van der Waals surface area contributed by atoms with Crippen molar-refractivity contribution in [3.8, 4) is 11.5 Å². The van der Waals surface area contributed by atoms with Crippen molar-refractivity contribution in [2.24, 2.45) is 0 Å². The molecule has 5 heteroatoms. The van der Waals surface area contributed by atoms with Gasteiger partial charge in [-0.25, -0.2) is 4.39 Å². The van der Waals surface area contributed by atoms with Crippen molar-refractivity contribution in [1.29, 1.82) is 0 Å². The highest BCUT2D eigenvalue weighted by molar-refractivity contribution is 5.43. The molecule has 0 fully saturated rings. The standard InChI is InChI=1S/C14H12FNO3/c1-2-10-5-3-4-6-14(10)19-13-8-11(15)7-12(9-13)16(17)18/h3-9H,2H2,1H3. The van der Waals surface area contributed by atoms with Crippen LogP contribution in [0.15, 0.2) is 42.5 Å². The van der Waals surface area contributed by atoms with Gasteiger partial charge in [-0.15, -0.1) is 0 Å². The van der Waals surface area contributed by atoms with E-state index < -0.39 is 10.7 Å². The minimum absolute atomic E-state index is 0.118. The van der Waals surface area contributed by atoms with Crippen LogP contribution in [0.4, 0.5) is 10.1 Å². The second kappa shape index (κ2) is 5.48. The lowest BCUT2D eigenvalue weighted by Gasteiger charge is -2.09. The van der Waals surface area contributed by atoms with Crippen LogP contribution in [0.25, 0.3) is 0 Å². The van der Waals surface area contributed by atoms with Crippen molar-refractivity contribution in [3.05, 3.63) is 64.0 Å². The quantitative estimate of drug-likeness (QED) is 0.615. The Hall–Kier alpha value is -2.43. The first-order valence-corrected chi connectivity index (χ1v) is 5.81. The summed E-state index contributed by atoms with van der Waals surface area (Å²) in [5.74, 6) is -0.00400. The average molecular weight is 261 g/mol. The molecule has 0 saturated heterocycles. The third kappa shape index (κ3) is 3.07. The topological polar surface area (TPSA) is 52.4 Å². The van der Waals surface area contributed by atoms with Gasteiger partial charge in [0.1, 0.15) is 17.3 Å². The van der Waals surface area contributed by atoms with Crippen LogP contribution in [0.3, 0.4) is 0 Å². The molecule has 0 amide bonds. The van der Waals surface area contributed by atoms with Crippen LogP contribution in [-0.2, 0) is 6.42 Å². The number of rotatable bonds is 4. The van der Waals surface area contributed by atoms with E-state index in [1.165, 1.54) is 6.07 Å². The van der Waals surface area contributed by atoms with Crippen LogP contribution in [0.5, 0.6) is 11.5 Å². The number of ether oxygens (including phenoxy) is 1. The van der Waals surface area contributed by atoms with E-state index >= 15 is 0 Å². The fourth-order valence-electron chi connectivity index (χ4n) is 1.73. The number of hydrogen-bond donors (Lipinski definition) is 0. The maximum Gasteiger partial charge on any atom is 0.276 e. The number of halogens is 1. The number of hydrogen-bond acceptors (Lipinski definition) is 3. The zero-order valence-corrected chi connectivity index (χ0v) is 10.3. The van der Waals surface area contributed by atoms with Gasteiger partial charge in [-0.2, -0.15) is 0 Å². The summed E-state index contributed by atoms with van der Waals surface area (Å²) in [5, 5.41) is 10.7. The highest BCUT2D eigenvalue weighted by atomic mass is 19.1. The SMILES string of the molecule is CCc1ccccc1Oc1cc(F)cc([N+](=O)[O-])c1. The van der Waals surface area contributed by atoms with Gasteiger partial charge in [0.15, 0.2) is 0 Å². The van der Waals surface area contributed by atoms with Crippen LogP contribution in [0.1, 0.15) is 12.5 Å². The average Bonchev–Trinajstić information content (AvgIpc) is 2.38. The number of nitro benzene ring substituents is 1. The summed E-state index contributed by atoms with van der Waals surface area (Å²) in [4.78, 5) is 10.0. The van der Waals surface area contributed by atoms with Crippen molar-refractivity contribution >= 4 is 5.69 Å². The third-order valence-corrected chi connectivity index (χ3v) is 2.65. The van der Waals surface area contributed by atoms with Crippen molar-refractivity contribution in [1.82, 2.24) is 0 Å². The van der Waals surface area contributed by atoms with E-state index in [1.807, 2.05) is 19.1 Å². The molecule has 0 unspecified atom stereocenters. The summed E-state index contributed by atoms with van der Waals surface area (Å²) in [7, 11) is 0. The molecule has 0 radical (unpaired) electrons. The Morgan fingerprint density at radius 2 is 2.00 bits per heavy atom. The second-order valence-electron chi connectivity index (χ2n) is 3.97. The first-order chi connectivity index (χ1) is 9.10. The Morgan fingerprint density at radius 3 is 2.68 bits per heavy atom. The summed E-state index contributed by atoms with van der Waals surface area (Å²) in [6.45, 7) is 1.97. The summed E-state index contributed by atoms with van der Waals surface area (Å²) in [5.41, 5.74) is 0.624. The molecule has 0 spiro atoms. The Labute approximate surface area is 109 Å². The van der Waals surface area contributed by atoms with E-state index in [0.29, 0.717) is 5.75 Å². The molecule has 19 heavy (non-hydrogen) atoms. The number of aryl methyl sites for hydroxylation is 1. The first kappa shape index (κ1) is 13.0. The number of benzene rings is 2. The minimum Gasteiger partial charge on any atom is -0.457 e. The molecule has 0 aliphatic heterocycles. The van der Waals surface area contributed by atoms with Gasteiger partial charge in [0, 0.05) is 6.07 Å². The molecule has 0 atom stereocenters. The van der Waals surface area contributed by atoms with Gasteiger partial charge in [0.05, 0.1) is 17.1 Å². The molecular formula is C14H12FNO3. The molecule has 0 aromatic heterocycles. The van der Waals surface area contributed by atoms with E-state index in [4.69, 9.17) is 4.74 Å². The lowest BCUT2D eigenvalue weighted by molar-refractivity contribution is -0.385. The zero-order chi connectivity index (χ0) is 13.8. The highest BCUT2D eigenvalue weighted by Crippen LogP contribution is 2.29. The van der Waals surface area contributed by atoms with Gasteiger partial charge in [-0.3, -0.25) is 10.1 Å². The molecular weight excluding hydrogens is 249 g/mol. The van der Waals surface area contributed by atoms with E-state index in [2.05, 4.69) is 0 Å². The van der Waals surface area contributed by atoms with Gasteiger partial charge >= 0.3 is 0 Å². The lowest BCUT2D eigenvalue weighted by atomic mass is 10.1. The van der Waals surface area contributed by atoms with E-state index in [0.717, 1.165) is 24.1 Å². The van der Waals surface area contributed by atoms with Gasteiger partial charge in [-0.1, -0.05) is 25.1 Å². The van der Waals surface area contributed by atoms with Gasteiger partial charge in [-0.05, 0) is 18.1 Å². The predicted molar refractivity (Wildman–Crippen MR) is 68.9 cm³/mol. The predicted octanol–water partition coefficient (Wildman–Crippen LogP) is 4.09. The maximum atomic E-state index is 13.3. The van der Waals surface area contributed by atoms with Crippen molar-refractivity contribution in [2.75, 3.05) is 0 Å². The largest absolute Gasteiger partial charge is 0.457 e. The van der Waals surface area contributed by atoms with Crippen molar-refractivity contribution in [2.45, 2.75) is 13.3 Å². The molecule has 0 bridgehead atoms. The molecule has 2 rings (SSSR count). The van der Waals surface area contributed by atoms with E-state index in [-0.39, 0.29) is 11.4 Å². The normalized spacial score (nSPS) is 10.2. The summed E-state index contributed by atoms with van der Waals surface area (Å²) in [6.07, 6.45) is 0.758. The maximum absolute atomic E-state index is 13.3. The van der Waals surface area contributed by atoms with Crippen LogP contribution >= 0.6 is 0 Å². The molecule has 0 aliphatic rings. The van der Waals surface area contributed by atoms with E-state index in [1.54, 1.807) is 12.1 Å². The second-order valence-corrected chi connectivity index (χ2v) is 3.97. The van der Waals surface area contributed by atoms with Crippen LogP contribution in [0, 0.1) is 15.9 Å². The van der Waals surface area contributed by atoms with E-state index in [9.17, 15) is 14.5 Å². The van der Waals surface area contributed by atoms with Gasteiger partial charge < -0.3 is 4.74 Å². The molecule has 4 nitrogen and oxygen atoms in total. The monoisotopic (exact) mass is 261 g/mol. The first-order valence-electron chi connectivity index (χ1n) is 5.81. The van der Waals surface area contributed by atoms with Crippen molar-refractivity contribution < 1.29 is 14.1 Å². The minimum atomic E-state index is -0.696. The van der Waals surface area contributed by atoms with Gasteiger partial charge in [0.25, 0.3) is 5.69 Å². The zero-order valence-electron chi connectivity index (χ0n) is 10.3. The molecule has 2 aromatic rings. The lowest BCUT2D eigenvalue weighted by Crippen LogP contribution is -1.93. The summed E-state index contributed by atoms with van der Waals surface area (Å²) in [6, 6.07) is 10.5. The Morgan fingerprint density at radius 1 is 1.26 bits per heavy atom. The highest BCUT2D eigenvalue weighted by Gasteiger charge is 2.12. The third-order valence-electron chi connectivity index (χ3n) is 2.65. The fraction of sp³-hybridized carbons (Fsp3) is 0.143. The Balaban J connectivity index is 2.35. The number of nitrogens with zero attached hydrogens (tertiary/aromatic N) is 1. The smallest absolute Gasteiger partial charge is 0.276 e. The molecule has 0 N–H and O–H groups in total. The summed E-state index contributed by atoms with van der Waals surface area (Å²) < 4.78 is 18.8. The van der Waals surface area contributed by atoms with Crippen molar-refractivity contribution in [3.63, 3.8) is 0 Å². The molecule has 0 heterocycles. The molecule has 2 aromatic carbocycles. The number of para-hydroxylation sites is 1. The Kier molecular flexibility index (Phi) is 3.75. The van der Waals surface area contributed by atoms with Crippen LogP contribution in [-0.4, -0.2) is 4.92 Å². The fourth-order valence-corrected chi connectivity index (χ4v) is 1.73. The number of non-ortho nitro benzene ring substituents is 1. The molecule has 0 aliphatic carbocycles. The van der Waals surface area contributed by atoms with Crippen LogP contribution < -0.4 is 4.74 Å². The van der Waals surface area contributed by atoms with Gasteiger partial charge in [0.2, 0.25) is 0 Å². The Bertz CT molecular complexity index is 613. The summed E-state index contributed by atoms with van der Waals surface area (Å²) >= 11 is 0. The molecule has 0 saturated carbocycles.